The van der Waals surface area contributed by atoms with Crippen LogP contribution in [0.1, 0.15) is 71.1 Å². The molecule has 2 rings (SSSR count). The van der Waals surface area contributed by atoms with Gasteiger partial charge in [-0.05, 0) is 31.6 Å². The van der Waals surface area contributed by atoms with Crippen molar-refractivity contribution < 1.29 is 14.7 Å². The van der Waals surface area contributed by atoms with Gasteiger partial charge in [-0.3, -0.25) is 9.59 Å². The summed E-state index contributed by atoms with van der Waals surface area (Å²) in [5.74, 6) is -0.0752. The molecule has 2 aliphatic rings. The monoisotopic (exact) mass is 295 g/mol. The molecule has 0 aromatic carbocycles. The summed E-state index contributed by atoms with van der Waals surface area (Å²) in [5, 5.41) is 9.67. The average molecular weight is 295 g/mol. The van der Waals surface area contributed by atoms with Crippen molar-refractivity contribution in [1.29, 1.82) is 0 Å². The van der Waals surface area contributed by atoms with Gasteiger partial charge in [0.1, 0.15) is 0 Å². The number of carbonyl (C=O) groups is 2. The molecule has 0 radical (unpaired) electrons. The molecule has 0 aromatic heterocycles. The van der Waals surface area contributed by atoms with Gasteiger partial charge in [-0.15, -0.1) is 0 Å². The fraction of sp³-hybridized carbons (Fsp3) is 0.882. The molecule has 2 fully saturated rings. The lowest BCUT2D eigenvalue weighted by Crippen LogP contribution is -2.39. The third kappa shape index (κ3) is 3.98. The first kappa shape index (κ1) is 16.3. The van der Waals surface area contributed by atoms with E-state index in [2.05, 4.69) is 6.92 Å². The third-order valence-corrected chi connectivity index (χ3v) is 5.34. The van der Waals surface area contributed by atoms with Gasteiger partial charge in [0.2, 0.25) is 5.91 Å². The summed E-state index contributed by atoms with van der Waals surface area (Å²) < 4.78 is 0. The van der Waals surface area contributed by atoms with Crippen LogP contribution in [-0.4, -0.2) is 35.0 Å². The highest BCUT2D eigenvalue weighted by atomic mass is 16.4. The molecular formula is C17H29NO3. The third-order valence-electron chi connectivity index (χ3n) is 5.34. The minimum Gasteiger partial charge on any atom is -0.481 e. The minimum absolute atomic E-state index is 0.0675. The highest BCUT2D eigenvalue weighted by Crippen LogP contribution is 2.39. The van der Waals surface area contributed by atoms with Crippen molar-refractivity contribution in [3.8, 4) is 0 Å². The number of amides is 1. The normalized spacial score (nSPS) is 25.6. The van der Waals surface area contributed by atoms with E-state index in [9.17, 15) is 14.7 Å². The Bertz CT molecular complexity index is 372. The van der Waals surface area contributed by atoms with E-state index in [1.807, 2.05) is 4.90 Å². The van der Waals surface area contributed by atoms with Gasteiger partial charge in [-0.2, -0.15) is 0 Å². The van der Waals surface area contributed by atoms with E-state index < -0.39 is 11.4 Å². The second-order valence-electron chi connectivity index (χ2n) is 6.96. The Labute approximate surface area is 127 Å². The number of aliphatic carboxylic acids is 1. The summed E-state index contributed by atoms with van der Waals surface area (Å²) in [7, 11) is 0. The Balaban J connectivity index is 1.97. The van der Waals surface area contributed by atoms with Gasteiger partial charge in [0, 0.05) is 19.5 Å². The van der Waals surface area contributed by atoms with Crippen LogP contribution in [-0.2, 0) is 9.59 Å². The number of carbonyl (C=O) groups excluding carboxylic acids is 1. The molecule has 21 heavy (non-hydrogen) atoms. The number of carboxylic acid groups (broad SMARTS) is 1. The van der Waals surface area contributed by atoms with Crippen LogP contribution >= 0.6 is 0 Å². The Morgan fingerprint density at radius 1 is 1.19 bits per heavy atom. The van der Waals surface area contributed by atoms with Gasteiger partial charge in [0.05, 0.1) is 5.41 Å². The van der Waals surface area contributed by atoms with Gasteiger partial charge >= 0.3 is 5.97 Å². The van der Waals surface area contributed by atoms with Gasteiger partial charge in [-0.25, -0.2) is 0 Å². The van der Waals surface area contributed by atoms with Crippen molar-refractivity contribution in [1.82, 2.24) is 4.90 Å². The second kappa shape index (κ2) is 7.28. The van der Waals surface area contributed by atoms with Gasteiger partial charge in [0.15, 0.2) is 0 Å². The molecule has 4 nitrogen and oxygen atoms in total. The average Bonchev–Trinajstić information content (AvgIpc) is 2.78. The lowest BCUT2D eigenvalue weighted by atomic mass is 9.77. The SMILES string of the molecule is CCCC1CCN(C(=O)CC2(C(=O)O)CCCCCC2)C1. The zero-order chi connectivity index (χ0) is 15.3. The van der Waals surface area contributed by atoms with E-state index in [4.69, 9.17) is 0 Å². The summed E-state index contributed by atoms with van der Waals surface area (Å²) in [6, 6.07) is 0. The fourth-order valence-electron chi connectivity index (χ4n) is 3.98. The molecule has 1 heterocycles. The second-order valence-corrected chi connectivity index (χ2v) is 6.96. The summed E-state index contributed by atoms with van der Waals surface area (Å²) in [5.41, 5.74) is -0.795. The predicted octanol–water partition coefficient (Wildman–Crippen LogP) is 3.45. The maximum atomic E-state index is 12.5. The molecule has 0 spiro atoms. The predicted molar refractivity (Wildman–Crippen MR) is 82.0 cm³/mol. The van der Waals surface area contributed by atoms with E-state index in [-0.39, 0.29) is 12.3 Å². The van der Waals surface area contributed by atoms with E-state index in [1.165, 1.54) is 6.42 Å². The van der Waals surface area contributed by atoms with Crippen molar-refractivity contribution in [3.05, 3.63) is 0 Å². The fourth-order valence-corrected chi connectivity index (χ4v) is 3.98. The van der Waals surface area contributed by atoms with Crippen LogP contribution in [0.3, 0.4) is 0 Å². The van der Waals surface area contributed by atoms with E-state index in [0.717, 1.165) is 51.6 Å². The maximum absolute atomic E-state index is 12.5. The highest BCUT2D eigenvalue weighted by molar-refractivity contribution is 5.85. The number of carboxylic acids is 1. The Morgan fingerprint density at radius 3 is 2.43 bits per heavy atom. The molecule has 1 unspecified atom stereocenters. The zero-order valence-electron chi connectivity index (χ0n) is 13.3. The molecule has 1 atom stereocenters. The quantitative estimate of drug-likeness (QED) is 0.790. The summed E-state index contributed by atoms with van der Waals surface area (Å²) in [6.45, 7) is 3.83. The van der Waals surface area contributed by atoms with Crippen molar-refractivity contribution in [3.63, 3.8) is 0 Å². The van der Waals surface area contributed by atoms with Crippen LogP contribution in [0, 0.1) is 11.3 Å². The molecule has 0 bridgehead atoms. The maximum Gasteiger partial charge on any atom is 0.310 e. The number of nitrogens with zero attached hydrogens (tertiary/aromatic N) is 1. The Hall–Kier alpha value is -1.06. The first-order chi connectivity index (χ1) is 10.1. The van der Waals surface area contributed by atoms with Crippen molar-refractivity contribution in [2.45, 2.75) is 71.1 Å². The van der Waals surface area contributed by atoms with Gasteiger partial charge in [0.25, 0.3) is 0 Å². The largest absolute Gasteiger partial charge is 0.481 e. The van der Waals surface area contributed by atoms with E-state index in [0.29, 0.717) is 18.8 Å². The molecule has 0 aromatic rings. The molecule has 1 aliphatic carbocycles. The summed E-state index contributed by atoms with van der Waals surface area (Å²) >= 11 is 0. The van der Waals surface area contributed by atoms with Gasteiger partial charge < -0.3 is 10.0 Å². The summed E-state index contributed by atoms with van der Waals surface area (Å²) in [4.78, 5) is 26.2. The van der Waals surface area contributed by atoms with Crippen LogP contribution in [0.4, 0.5) is 0 Å². The van der Waals surface area contributed by atoms with E-state index in [1.54, 1.807) is 0 Å². The molecule has 1 amide bonds. The molecule has 1 saturated heterocycles. The lowest BCUT2D eigenvalue weighted by molar-refractivity contribution is -0.154. The number of hydrogen-bond donors (Lipinski definition) is 1. The smallest absolute Gasteiger partial charge is 0.310 e. The van der Waals surface area contributed by atoms with Crippen molar-refractivity contribution in [2.24, 2.45) is 11.3 Å². The Kier molecular flexibility index (Phi) is 5.65. The van der Waals surface area contributed by atoms with Crippen molar-refractivity contribution in [2.75, 3.05) is 13.1 Å². The van der Waals surface area contributed by atoms with Crippen LogP contribution in [0.25, 0.3) is 0 Å². The molecule has 1 aliphatic heterocycles. The summed E-state index contributed by atoms with van der Waals surface area (Å²) in [6.07, 6.45) is 9.05. The van der Waals surface area contributed by atoms with Crippen LogP contribution in [0.5, 0.6) is 0 Å². The first-order valence-electron chi connectivity index (χ1n) is 8.58. The van der Waals surface area contributed by atoms with Crippen molar-refractivity contribution >= 4 is 11.9 Å². The topological polar surface area (TPSA) is 57.6 Å². The Morgan fingerprint density at radius 2 is 1.86 bits per heavy atom. The van der Waals surface area contributed by atoms with E-state index >= 15 is 0 Å². The highest BCUT2D eigenvalue weighted by Gasteiger charge is 2.42. The minimum atomic E-state index is -0.795. The van der Waals surface area contributed by atoms with Crippen LogP contribution < -0.4 is 0 Å². The van der Waals surface area contributed by atoms with Crippen LogP contribution in [0.15, 0.2) is 0 Å². The number of likely N-dealkylation sites (tertiary alicyclic amines) is 1. The van der Waals surface area contributed by atoms with Crippen LogP contribution in [0.2, 0.25) is 0 Å². The molecule has 1 saturated carbocycles. The molecule has 1 N–H and O–H groups in total. The number of rotatable bonds is 5. The zero-order valence-corrected chi connectivity index (χ0v) is 13.3. The standard InChI is InChI=1S/C17H29NO3/c1-2-7-14-8-11-18(13-14)15(19)12-17(16(20)21)9-5-3-4-6-10-17/h14H,2-13H2,1H3,(H,20,21). The first-order valence-corrected chi connectivity index (χ1v) is 8.58. The number of hydrogen-bond acceptors (Lipinski definition) is 2. The van der Waals surface area contributed by atoms with Gasteiger partial charge in [-0.1, -0.05) is 39.0 Å². The molecular weight excluding hydrogens is 266 g/mol. The molecule has 120 valence electrons. The molecule has 4 heteroatoms. The lowest BCUT2D eigenvalue weighted by Gasteiger charge is -2.29.